The molecule has 2 aromatic heterocycles. The molecule has 2 heterocycles. The van der Waals surface area contributed by atoms with Crippen LogP contribution in [0.2, 0.25) is 5.02 Å². The predicted octanol–water partition coefficient (Wildman–Crippen LogP) is 2.89. The van der Waals surface area contributed by atoms with Crippen LogP contribution < -0.4 is 0 Å². The average molecular weight is 292 g/mol. The summed E-state index contributed by atoms with van der Waals surface area (Å²) < 4.78 is 14.7. The molecule has 0 saturated heterocycles. The number of fused-ring (bicyclic) bond motifs is 1. The first-order valence-electron chi connectivity index (χ1n) is 5.59. The van der Waals surface area contributed by atoms with Gasteiger partial charge in [-0.25, -0.2) is 19.2 Å². The van der Waals surface area contributed by atoms with Crippen LogP contribution in [0.25, 0.3) is 17.0 Å². The summed E-state index contributed by atoms with van der Waals surface area (Å²) in [5.74, 6) is -1.51. The predicted molar refractivity (Wildman–Crippen MR) is 70.4 cm³/mol. The molecular weight excluding hydrogens is 285 g/mol. The SMILES string of the molecule is O=C(O)c1c(-c2cc(F)ccc2Cl)nc2ncccn12. The fourth-order valence-corrected chi connectivity index (χ4v) is 2.17. The smallest absolute Gasteiger partial charge is 0.355 e. The van der Waals surface area contributed by atoms with Crippen LogP contribution in [0, 0.1) is 5.82 Å². The number of benzene rings is 1. The van der Waals surface area contributed by atoms with Gasteiger partial charge in [-0.05, 0) is 24.3 Å². The number of aromatic carboxylic acids is 1. The van der Waals surface area contributed by atoms with Gasteiger partial charge in [-0.15, -0.1) is 0 Å². The number of aromatic nitrogens is 3. The molecule has 0 atom stereocenters. The van der Waals surface area contributed by atoms with E-state index in [0.717, 1.165) is 6.07 Å². The molecule has 3 rings (SSSR count). The molecule has 100 valence electrons. The van der Waals surface area contributed by atoms with E-state index in [1.165, 1.54) is 28.9 Å². The summed E-state index contributed by atoms with van der Waals surface area (Å²) in [5, 5.41) is 9.57. The maximum absolute atomic E-state index is 13.4. The Balaban J connectivity index is 2.38. The number of nitrogens with zero attached hydrogens (tertiary/aromatic N) is 3. The molecule has 20 heavy (non-hydrogen) atoms. The van der Waals surface area contributed by atoms with Gasteiger partial charge in [-0.2, -0.15) is 0 Å². The number of hydrogen-bond donors (Lipinski definition) is 1. The second kappa shape index (κ2) is 4.57. The molecule has 1 N–H and O–H groups in total. The van der Waals surface area contributed by atoms with E-state index in [1.807, 2.05) is 0 Å². The van der Waals surface area contributed by atoms with Crippen molar-refractivity contribution in [3.63, 3.8) is 0 Å². The first kappa shape index (κ1) is 12.6. The van der Waals surface area contributed by atoms with Crippen molar-refractivity contribution in [2.24, 2.45) is 0 Å². The lowest BCUT2D eigenvalue weighted by Gasteiger charge is -2.03. The number of halogens is 2. The van der Waals surface area contributed by atoms with Crippen molar-refractivity contribution in [3.05, 3.63) is 53.2 Å². The van der Waals surface area contributed by atoms with Crippen molar-refractivity contribution in [2.75, 3.05) is 0 Å². The molecular formula is C13H7ClFN3O2. The molecule has 7 heteroatoms. The van der Waals surface area contributed by atoms with E-state index < -0.39 is 11.8 Å². The Hall–Kier alpha value is -2.47. The van der Waals surface area contributed by atoms with Crippen LogP contribution in [0.15, 0.2) is 36.7 Å². The highest BCUT2D eigenvalue weighted by atomic mass is 35.5. The van der Waals surface area contributed by atoms with Crippen LogP contribution >= 0.6 is 11.6 Å². The number of rotatable bonds is 2. The highest BCUT2D eigenvalue weighted by molar-refractivity contribution is 6.33. The summed E-state index contributed by atoms with van der Waals surface area (Å²) in [6.45, 7) is 0. The summed E-state index contributed by atoms with van der Waals surface area (Å²) in [4.78, 5) is 19.5. The molecule has 0 bridgehead atoms. The summed E-state index contributed by atoms with van der Waals surface area (Å²) in [7, 11) is 0. The van der Waals surface area contributed by atoms with Gasteiger partial charge in [-0.3, -0.25) is 4.40 Å². The van der Waals surface area contributed by atoms with E-state index in [0.29, 0.717) is 0 Å². The van der Waals surface area contributed by atoms with Crippen molar-refractivity contribution in [1.29, 1.82) is 0 Å². The summed E-state index contributed by atoms with van der Waals surface area (Å²) in [6.07, 6.45) is 3.01. The molecule has 0 aliphatic carbocycles. The van der Waals surface area contributed by atoms with E-state index in [2.05, 4.69) is 9.97 Å². The lowest BCUT2D eigenvalue weighted by Crippen LogP contribution is -2.04. The molecule has 1 aromatic carbocycles. The molecule has 0 aliphatic heterocycles. The van der Waals surface area contributed by atoms with Crippen LogP contribution in [0.4, 0.5) is 4.39 Å². The van der Waals surface area contributed by atoms with Crippen LogP contribution in [-0.4, -0.2) is 25.4 Å². The standard InChI is InChI=1S/C13H7ClFN3O2/c14-9-3-2-7(15)6-8(9)10-11(12(19)20)18-5-1-4-16-13(18)17-10/h1-6H,(H,19,20). The van der Waals surface area contributed by atoms with E-state index in [-0.39, 0.29) is 27.8 Å². The third-order valence-electron chi connectivity index (χ3n) is 2.79. The summed E-state index contributed by atoms with van der Waals surface area (Å²) >= 11 is 6.01. The molecule has 0 unspecified atom stereocenters. The van der Waals surface area contributed by atoms with Gasteiger partial charge in [0.1, 0.15) is 11.5 Å². The number of carboxylic acids is 1. The molecule has 0 saturated carbocycles. The Morgan fingerprint density at radius 1 is 1.40 bits per heavy atom. The quantitative estimate of drug-likeness (QED) is 0.788. The third-order valence-corrected chi connectivity index (χ3v) is 3.12. The molecule has 0 spiro atoms. The van der Waals surface area contributed by atoms with Gasteiger partial charge in [0, 0.05) is 18.0 Å². The van der Waals surface area contributed by atoms with Crippen LogP contribution in [0.1, 0.15) is 10.5 Å². The lowest BCUT2D eigenvalue weighted by molar-refractivity contribution is 0.0690. The molecule has 3 aromatic rings. The average Bonchev–Trinajstić information content (AvgIpc) is 2.80. The summed E-state index contributed by atoms with van der Waals surface area (Å²) in [6, 6.07) is 5.28. The van der Waals surface area contributed by atoms with E-state index in [1.54, 1.807) is 6.07 Å². The molecule has 0 aliphatic rings. The molecule has 0 fully saturated rings. The van der Waals surface area contributed by atoms with Crippen LogP contribution in [-0.2, 0) is 0 Å². The van der Waals surface area contributed by atoms with Gasteiger partial charge < -0.3 is 5.11 Å². The second-order valence-electron chi connectivity index (χ2n) is 4.03. The highest BCUT2D eigenvalue weighted by Gasteiger charge is 2.22. The minimum Gasteiger partial charge on any atom is -0.476 e. The number of imidazole rings is 1. The normalized spacial score (nSPS) is 10.9. The molecule has 0 amide bonds. The third kappa shape index (κ3) is 1.90. The van der Waals surface area contributed by atoms with E-state index in [4.69, 9.17) is 11.6 Å². The first-order chi connectivity index (χ1) is 9.58. The Morgan fingerprint density at radius 3 is 2.95 bits per heavy atom. The molecule has 0 radical (unpaired) electrons. The largest absolute Gasteiger partial charge is 0.476 e. The van der Waals surface area contributed by atoms with Gasteiger partial charge in [0.15, 0.2) is 5.69 Å². The van der Waals surface area contributed by atoms with Gasteiger partial charge in [0.25, 0.3) is 0 Å². The van der Waals surface area contributed by atoms with Crippen molar-refractivity contribution in [3.8, 4) is 11.3 Å². The minimum atomic E-state index is -1.19. The second-order valence-corrected chi connectivity index (χ2v) is 4.44. The van der Waals surface area contributed by atoms with Crippen molar-refractivity contribution in [2.45, 2.75) is 0 Å². The highest BCUT2D eigenvalue weighted by Crippen LogP contribution is 2.30. The zero-order chi connectivity index (χ0) is 14.3. The Kier molecular flexibility index (Phi) is 2.87. The van der Waals surface area contributed by atoms with Gasteiger partial charge in [-0.1, -0.05) is 11.6 Å². The van der Waals surface area contributed by atoms with Crippen molar-refractivity contribution in [1.82, 2.24) is 14.4 Å². The van der Waals surface area contributed by atoms with Crippen molar-refractivity contribution >= 4 is 23.3 Å². The monoisotopic (exact) mass is 291 g/mol. The zero-order valence-electron chi connectivity index (χ0n) is 9.92. The fraction of sp³-hybridized carbons (Fsp3) is 0. The number of carbonyl (C=O) groups is 1. The maximum Gasteiger partial charge on any atom is 0.355 e. The number of carboxylic acid groups (broad SMARTS) is 1. The van der Waals surface area contributed by atoms with Gasteiger partial charge in [0.05, 0.1) is 5.02 Å². The fourth-order valence-electron chi connectivity index (χ4n) is 1.96. The minimum absolute atomic E-state index is 0.0840. The summed E-state index contributed by atoms with van der Waals surface area (Å²) in [5.41, 5.74) is 0.191. The van der Waals surface area contributed by atoms with E-state index in [9.17, 15) is 14.3 Å². The zero-order valence-corrected chi connectivity index (χ0v) is 10.7. The Morgan fingerprint density at radius 2 is 2.20 bits per heavy atom. The van der Waals surface area contributed by atoms with Crippen LogP contribution in [0.3, 0.4) is 0 Å². The topological polar surface area (TPSA) is 67.5 Å². The first-order valence-corrected chi connectivity index (χ1v) is 5.97. The van der Waals surface area contributed by atoms with Crippen LogP contribution in [0.5, 0.6) is 0 Å². The lowest BCUT2D eigenvalue weighted by atomic mass is 10.1. The van der Waals surface area contributed by atoms with E-state index >= 15 is 0 Å². The molecule has 5 nitrogen and oxygen atoms in total. The maximum atomic E-state index is 13.4. The Bertz CT molecular complexity index is 832. The van der Waals surface area contributed by atoms with Crippen molar-refractivity contribution < 1.29 is 14.3 Å². The van der Waals surface area contributed by atoms with Gasteiger partial charge >= 0.3 is 5.97 Å². The Labute approximate surface area is 117 Å². The van der Waals surface area contributed by atoms with Gasteiger partial charge in [0.2, 0.25) is 5.78 Å². The number of hydrogen-bond acceptors (Lipinski definition) is 3.